The number of para-hydroxylation sites is 1. The van der Waals surface area contributed by atoms with Crippen LogP contribution in [0.25, 0.3) is 28.0 Å². The minimum absolute atomic E-state index is 0.115. The number of benzene rings is 3. The van der Waals surface area contributed by atoms with Crippen LogP contribution in [0.2, 0.25) is 0 Å². The Morgan fingerprint density at radius 1 is 0.955 bits per heavy atom. The van der Waals surface area contributed by atoms with Crippen LogP contribution >= 0.6 is 0 Å². The van der Waals surface area contributed by atoms with Gasteiger partial charge in [-0.2, -0.15) is 4.98 Å². The highest BCUT2D eigenvalue weighted by Gasteiger charge is 2.21. The quantitative estimate of drug-likeness (QED) is 0.161. The van der Waals surface area contributed by atoms with Crippen molar-refractivity contribution in [3.8, 4) is 16.9 Å². The zero-order chi connectivity index (χ0) is 32.0. The van der Waals surface area contributed by atoms with Gasteiger partial charge in [0, 0.05) is 34.0 Å². The average Bonchev–Trinajstić information content (AvgIpc) is 3.02. The standard InChI is InChI=1S/C30H26F2N6O4.C2H6/c1-16-8-9-19(34-29(42)17-4-2-5-18(33)12-17)13-22(16)26-21-10-11-25(41)38(27-23(31)6-3-7-24(27)32)28(21)37-30(36-26)35-20(14-39)15-40;1-2/h2-13,20,39-40H,14-15,33H2,1H3,(H,34,42)(H,35,36,37);1-2H3. The van der Waals surface area contributed by atoms with E-state index in [1.165, 1.54) is 12.1 Å². The summed E-state index contributed by atoms with van der Waals surface area (Å²) in [4.78, 5) is 34.9. The number of aromatic nitrogens is 3. The van der Waals surface area contributed by atoms with Gasteiger partial charge in [0.05, 0.1) is 24.9 Å². The van der Waals surface area contributed by atoms with Gasteiger partial charge >= 0.3 is 0 Å². The third-order valence-corrected chi connectivity index (χ3v) is 6.58. The lowest BCUT2D eigenvalue weighted by Crippen LogP contribution is -2.29. The third-order valence-electron chi connectivity index (χ3n) is 6.58. The molecular weight excluding hydrogens is 570 g/mol. The minimum Gasteiger partial charge on any atom is -0.399 e. The molecule has 5 rings (SSSR count). The molecule has 0 aliphatic rings. The van der Waals surface area contributed by atoms with Crippen LogP contribution in [0, 0.1) is 18.6 Å². The summed E-state index contributed by atoms with van der Waals surface area (Å²) in [6.45, 7) is 4.86. The molecule has 0 bridgehead atoms. The molecule has 5 aromatic rings. The number of rotatable bonds is 8. The molecule has 44 heavy (non-hydrogen) atoms. The number of hydrogen-bond donors (Lipinski definition) is 5. The van der Waals surface area contributed by atoms with E-state index >= 15 is 0 Å². The van der Waals surface area contributed by atoms with E-state index in [2.05, 4.69) is 20.6 Å². The van der Waals surface area contributed by atoms with E-state index in [0.29, 0.717) is 22.5 Å². The number of nitrogens with two attached hydrogens (primary N) is 1. The van der Waals surface area contributed by atoms with Crippen LogP contribution < -0.4 is 21.9 Å². The first kappa shape index (κ1) is 31.7. The summed E-state index contributed by atoms with van der Waals surface area (Å²) < 4.78 is 30.6. The maximum atomic E-state index is 14.9. The summed E-state index contributed by atoms with van der Waals surface area (Å²) in [5.74, 6) is -2.48. The Hall–Kier alpha value is -5.20. The lowest BCUT2D eigenvalue weighted by Gasteiger charge is -2.18. The van der Waals surface area contributed by atoms with Crippen molar-refractivity contribution in [1.82, 2.24) is 14.5 Å². The number of hydrogen-bond acceptors (Lipinski definition) is 8. The molecule has 1 amide bonds. The number of aliphatic hydroxyl groups excluding tert-OH is 2. The predicted molar refractivity (Wildman–Crippen MR) is 167 cm³/mol. The van der Waals surface area contributed by atoms with Gasteiger partial charge in [-0.15, -0.1) is 0 Å². The highest BCUT2D eigenvalue weighted by Crippen LogP contribution is 2.33. The van der Waals surface area contributed by atoms with Crippen LogP contribution in [0.15, 0.2) is 77.6 Å². The molecule has 6 N–H and O–H groups in total. The lowest BCUT2D eigenvalue weighted by molar-refractivity contribution is 0.102. The Morgan fingerprint density at radius 3 is 2.30 bits per heavy atom. The Balaban J connectivity index is 0.00000216. The van der Waals surface area contributed by atoms with Crippen molar-refractivity contribution in [3.05, 3.63) is 106 Å². The topological polar surface area (TPSA) is 155 Å². The molecule has 3 aromatic carbocycles. The van der Waals surface area contributed by atoms with E-state index in [0.717, 1.165) is 28.3 Å². The van der Waals surface area contributed by atoms with Gasteiger partial charge in [-0.1, -0.05) is 32.0 Å². The van der Waals surface area contributed by atoms with Gasteiger partial charge in [0.1, 0.15) is 17.3 Å². The summed E-state index contributed by atoms with van der Waals surface area (Å²) in [5.41, 5.74) is 7.02. The van der Waals surface area contributed by atoms with E-state index in [-0.39, 0.29) is 22.7 Å². The molecule has 0 fully saturated rings. The summed E-state index contributed by atoms with van der Waals surface area (Å²) in [6, 6.07) is 16.6. The van der Waals surface area contributed by atoms with E-state index in [1.807, 2.05) is 13.8 Å². The fraction of sp³-hybridized carbons (Fsp3) is 0.188. The number of nitrogens with one attached hydrogen (secondary N) is 2. The van der Waals surface area contributed by atoms with E-state index in [1.54, 1.807) is 49.4 Å². The summed E-state index contributed by atoms with van der Waals surface area (Å²) >= 11 is 0. The summed E-state index contributed by atoms with van der Waals surface area (Å²) in [7, 11) is 0. The van der Waals surface area contributed by atoms with Gasteiger partial charge in [-0.05, 0) is 61.0 Å². The maximum Gasteiger partial charge on any atom is 0.256 e. The molecule has 0 spiro atoms. The second-order valence-corrected chi connectivity index (χ2v) is 9.53. The minimum atomic E-state index is -0.981. The van der Waals surface area contributed by atoms with Crippen molar-refractivity contribution in [2.45, 2.75) is 26.8 Å². The highest BCUT2D eigenvalue weighted by atomic mass is 19.1. The van der Waals surface area contributed by atoms with Gasteiger partial charge in [0.15, 0.2) is 5.65 Å². The fourth-order valence-electron chi connectivity index (χ4n) is 4.47. The zero-order valence-corrected chi connectivity index (χ0v) is 24.3. The number of amides is 1. The Labute approximate surface area is 251 Å². The van der Waals surface area contributed by atoms with Crippen LogP contribution in [0.1, 0.15) is 29.8 Å². The number of carbonyl (C=O) groups is 1. The predicted octanol–water partition coefficient (Wildman–Crippen LogP) is 4.66. The molecule has 228 valence electrons. The van der Waals surface area contributed by atoms with Crippen molar-refractivity contribution in [3.63, 3.8) is 0 Å². The Bertz CT molecular complexity index is 1850. The van der Waals surface area contributed by atoms with Crippen LogP contribution in [0.4, 0.5) is 26.1 Å². The molecule has 0 saturated carbocycles. The second kappa shape index (κ2) is 13.8. The van der Waals surface area contributed by atoms with Crippen molar-refractivity contribution >= 4 is 34.3 Å². The number of aliphatic hydroxyl groups is 2. The molecule has 2 heterocycles. The molecule has 0 unspecified atom stereocenters. The first-order chi connectivity index (χ1) is 21.2. The largest absolute Gasteiger partial charge is 0.399 e. The van der Waals surface area contributed by atoms with Crippen molar-refractivity contribution in [2.75, 3.05) is 29.6 Å². The average molecular weight is 603 g/mol. The van der Waals surface area contributed by atoms with Gasteiger partial charge in [-0.25, -0.2) is 13.8 Å². The van der Waals surface area contributed by atoms with Gasteiger partial charge < -0.3 is 26.6 Å². The van der Waals surface area contributed by atoms with Gasteiger partial charge in [0.25, 0.3) is 11.5 Å². The first-order valence-corrected chi connectivity index (χ1v) is 13.8. The van der Waals surface area contributed by atoms with Crippen LogP contribution in [-0.4, -0.2) is 49.9 Å². The number of carbonyl (C=O) groups excluding carboxylic acids is 1. The van der Waals surface area contributed by atoms with Crippen LogP contribution in [-0.2, 0) is 0 Å². The highest BCUT2D eigenvalue weighted by molar-refractivity contribution is 6.05. The zero-order valence-electron chi connectivity index (χ0n) is 24.3. The number of fused-ring (bicyclic) bond motifs is 1. The first-order valence-electron chi connectivity index (χ1n) is 13.8. The van der Waals surface area contributed by atoms with Gasteiger partial charge in [-0.3, -0.25) is 14.2 Å². The molecule has 10 nitrogen and oxygen atoms in total. The molecule has 12 heteroatoms. The van der Waals surface area contributed by atoms with E-state index < -0.39 is 48.0 Å². The third kappa shape index (κ3) is 6.56. The summed E-state index contributed by atoms with van der Waals surface area (Å²) in [5, 5.41) is 25.2. The number of nitrogens with zero attached hydrogens (tertiary/aromatic N) is 3. The van der Waals surface area contributed by atoms with Crippen molar-refractivity contribution in [2.24, 2.45) is 0 Å². The molecule has 0 atom stereocenters. The number of anilines is 3. The van der Waals surface area contributed by atoms with E-state index in [9.17, 15) is 28.6 Å². The molecule has 0 radical (unpaired) electrons. The fourth-order valence-corrected chi connectivity index (χ4v) is 4.47. The van der Waals surface area contributed by atoms with Crippen LogP contribution in [0.5, 0.6) is 0 Å². The molecular formula is C32H32F2N6O4. The second-order valence-electron chi connectivity index (χ2n) is 9.53. The Kier molecular flexibility index (Phi) is 9.99. The number of aryl methyl sites for hydroxylation is 1. The van der Waals surface area contributed by atoms with Crippen LogP contribution in [0.3, 0.4) is 0 Å². The van der Waals surface area contributed by atoms with Gasteiger partial charge in [0.2, 0.25) is 5.95 Å². The number of nitrogen functional groups attached to an aromatic ring is 1. The smallest absolute Gasteiger partial charge is 0.256 e. The van der Waals surface area contributed by atoms with E-state index in [4.69, 9.17) is 5.73 Å². The normalized spacial score (nSPS) is 10.8. The van der Waals surface area contributed by atoms with Crippen molar-refractivity contribution < 1.29 is 23.8 Å². The number of pyridine rings is 1. The monoisotopic (exact) mass is 602 g/mol. The molecule has 2 aromatic heterocycles. The lowest BCUT2D eigenvalue weighted by atomic mass is 10.0. The number of halogens is 2. The molecule has 0 aliphatic carbocycles. The Morgan fingerprint density at radius 2 is 1.64 bits per heavy atom. The molecule has 0 aliphatic heterocycles. The van der Waals surface area contributed by atoms with Crippen molar-refractivity contribution in [1.29, 1.82) is 0 Å². The summed E-state index contributed by atoms with van der Waals surface area (Å²) in [6.07, 6.45) is 0. The molecule has 0 saturated heterocycles. The maximum absolute atomic E-state index is 14.9. The SMILES string of the molecule is CC.Cc1ccc(NC(=O)c2cccc(N)c2)cc1-c1nc(NC(CO)CO)nc2c1ccc(=O)n2-c1c(F)cccc1F.